The van der Waals surface area contributed by atoms with Gasteiger partial charge in [0.05, 0.1) is 49.5 Å². The molecule has 0 aromatic heterocycles. The highest BCUT2D eigenvalue weighted by atomic mass is 19.1. The summed E-state index contributed by atoms with van der Waals surface area (Å²) in [4.78, 5) is 59.8. The van der Waals surface area contributed by atoms with Gasteiger partial charge in [-0.15, -0.1) is 0 Å². The minimum atomic E-state index is -1.13. The van der Waals surface area contributed by atoms with Crippen LogP contribution in [0.2, 0.25) is 0 Å². The van der Waals surface area contributed by atoms with Crippen LogP contribution >= 0.6 is 0 Å². The molecule has 4 aliphatic rings. The summed E-state index contributed by atoms with van der Waals surface area (Å²) in [6.45, 7) is 0. The molecule has 242 valence electrons. The number of fused-ring (bicyclic) bond motifs is 5. The van der Waals surface area contributed by atoms with Crippen LogP contribution in [0.25, 0.3) is 0 Å². The van der Waals surface area contributed by atoms with Crippen molar-refractivity contribution in [2.45, 2.75) is 24.2 Å². The Hall–Kier alpha value is -5.46. The van der Waals surface area contributed by atoms with Crippen molar-refractivity contribution >= 4 is 35.0 Å². The summed E-state index contributed by atoms with van der Waals surface area (Å²) in [6, 6.07) is 20.4. The van der Waals surface area contributed by atoms with E-state index in [-0.39, 0.29) is 11.4 Å². The van der Waals surface area contributed by atoms with Gasteiger partial charge >= 0.3 is 0 Å². The molecule has 12 heteroatoms. The van der Waals surface area contributed by atoms with E-state index < -0.39 is 71.3 Å². The van der Waals surface area contributed by atoms with Gasteiger partial charge in [-0.1, -0.05) is 36.4 Å². The van der Waals surface area contributed by atoms with E-state index in [0.717, 1.165) is 21.9 Å². The van der Waals surface area contributed by atoms with Crippen molar-refractivity contribution in [2.75, 3.05) is 24.0 Å². The number of imide groups is 2. The third kappa shape index (κ3) is 4.22. The van der Waals surface area contributed by atoms with E-state index in [1.54, 1.807) is 58.5 Å². The predicted octanol–water partition coefficient (Wildman–Crippen LogP) is 4.43. The zero-order valence-corrected chi connectivity index (χ0v) is 25.7. The number of anilines is 2. The zero-order valence-electron chi connectivity index (χ0n) is 25.7. The maximum Gasteiger partial charge on any atom is 0.253 e. The first-order chi connectivity index (χ1) is 23.2. The largest absolute Gasteiger partial charge is 0.497 e. The summed E-state index contributed by atoms with van der Waals surface area (Å²) in [7, 11) is 3.04. The highest BCUT2D eigenvalue weighted by Crippen LogP contribution is 2.60. The molecule has 0 bridgehead atoms. The number of methoxy groups -OCH3 is 2. The van der Waals surface area contributed by atoms with Gasteiger partial charge in [-0.25, -0.2) is 28.6 Å². The lowest BCUT2D eigenvalue weighted by Crippen LogP contribution is -2.50. The summed E-state index contributed by atoms with van der Waals surface area (Å²) >= 11 is 0. The number of halogens is 2. The molecule has 4 heterocycles. The number of rotatable bonds is 6. The summed E-state index contributed by atoms with van der Waals surface area (Å²) in [5.41, 5.74) is 1.39. The van der Waals surface area contributed by atoms with Crippen molar-refractivity contribution in [3.63, 3.8) is 0 Å². The van der Waals surface area contributed by atoms with Gasteiger partial charge in [0.2, 0.25) is 11.8 Å². The molecule has 0 unspecified atom stereocenters. The molecule has 4 saturated heterocycles. The number of carbonyl (C=O) groups is 4. The van der Waals surface area contributed by atoms with Crippen molar-refractivity contribution in [2.24, 2.45) is 11.8 Å². The number of carbonyl (C=O) groups excluding carboxylic acids is 4. The van der Waals surface area contributed by atoms with Crippen molar-refractivity contribution in [3.05, 3.63) is 120 Å². The summed E-state index contributed by atoms with van der Waals surface area (Å²) in [6.07, 6.45) is 0. The molecule has 4 aromatic rings. The SMILES string of the molecule is COc1ccc([C@@H]2[C@@H]3C(=O)N(c4cccc(F)c4)C(=O)[C@@H]3N3[C@H](c4ccc(OC)cc4)[C@@H]4C(=O)N(c5cccc(F)c5)C(=O)[C@@H]4N23)cc1. The van der Waals surface area contributed by atoms with Gasteiger partial charge in [0, 0.05) is 0 Å². The Bertz CT molecular complexity index is 1850. The van der Waals surface area contributed by atoms with Gasteiger partial charge in [0.1, 0.15) is 35.2 Å². The lowest BCUT2D eigenvalue weighted by molar-refractivity contribution is -0.136. The first-order valence-electron chi connectivity index (χ1n) is 15.3. The quantitative estimate of drug-likeness (QED) is 0.283. The monoisotopic (exact) mass is 650 g/mol. The Balaban J connectivity index is 1.33. The van der Waals surface area contributed by atoms with Gasteiger partial charge in [-0.05, 0) is 71.8 Å². The number of amides is 4. The van der Waals surface area contributed by atoms with Gasteiger partial charge in [0.25, 0.3) is 11.8 Å². The Morgan fingerprint density at radius 2 is 0.875 bits per heavy atom. The number of hydrogen-bond acceptors (Lipinski definition) is 8. The van der Waals surface area contributed by atoms with E-state index >= 15 is 0 Å². The van der Waals surface area contributed by atoms with Crippen LogP contribution in [0.15, 0.2) is 97.1 Å². The molecule has 4 aliphatic heterocycles. The van der Waals surface area contributed by atoms with Crippen molar-refractivity contribution in [1.29, 1.82) is 0 Å². The minimum Gasteiger partial charge on any atom is -0.497 e. The molecule has 4 aromatic carbocycles. The van der Waals surface area contributed by atoms with Crippen LogP contribution < -0.4 is 19.3 Å². The van der Waals surface area contributed by atoms with Crippen LogP contribution in [0, 0.1) is 23.5 Å². The van der Waals surface area contributed by atoms with Crippen LogP contribution in [-0.4, -0.2) is 59.9 Å². The minimum absolute atomic E-state index is 0.0873. The Kier molecular flexibility index (Phi) is 6.90. The number of hydrogen-bond donors (Lipinski definition) is 0. The van der Waals surface area contributed by atoms with E-state index in [9.17, 15) is 28.0 Å². The Labute approximate surface area is 273 Å². The van der Waals surface area contributed by atoms with Crippen molar-refractivity contribution in [1.82, 2.24) is 10.0 Å². The molecule has 6 atom stereocenters. The molecule has 4 amide bonds. The molecule has 0 saturated carbocycles. The first-order valence-corrected chi connectivity index (χ1v) is 15.3. The molecule has 8 rings (SSSR count). The fourth-order valence-electron chi connectivity index (χ4n) is 7.84. The topological polar surface area (TPSA) is 99.7 Å². The summed E-state index contributed by atoms with van der Waals surface area (Å²) in [5.74, 6) is -4.49. The van der Waals surface area contributed by atoms with E-state index in [2.05, 4.69) is 0 Å². The molecule has 0 N–H and O–H groups in total. The Morgan fingerprint density at radius 3 is 1.21 bits per heavy atom. The highest BCUT2D eigenvalue weighted by Gasteiger charge is 2.73. The summed E-state index contributed by atoms with van der Waals surface area (Å²) < 4.78 is 39.5. The third-order valence-corrected chi connectivity index (χ3v) is 9.77. The maximum atomic E-state index is 14.5. The molecule has 4 fully saturated rings. The fourth-order valence-corrected chi connectivity index (χ4v) is 7.84. The van der Waals surface area contributed by atoms with Crippen LogP contribution in [0.5, 0.6) is 11.5 Å². The smallest absolute Gasteiger partial charge is 0.253 e. The molecule has 0 radical (unpaired) electrons. The molecular formula is C36H28F2N4O6. The average molecular weight is 651 g/mol. The third-order valence-electron chi connectivity index (χ3n) is 9.77. The number of hydrazine groups is 1. The molecule has 0 spiro atoms. The Morgan fingerprint density at radius 1 is 0.500 bits per heavy atom. The second-order valence-corrected chi connectivity index (χ2v) is 12.1. The zero-order chi connectivity index (χ0) is 33.4. The van der Waals surface area contributed by atoms with E-state index in [0.29, 0.717) is 22.6 Å². The van der Waals surface area contributed by atoms with Crippen LogP contribution in [0.4, 0.5) is 20.2 Å². The fraction of sp³-hybridized carbons (Fsp3) is 0.222. The lowest BCUT2D eigenvalue weighted by Gasteiger charge is -2.35. The van der Waals surface area contributed by atoms with Gasteiger partial charge < -0.3 is 9.47 Å². The lowest BCUT2D eigenvalue weighted by atomic mass is 9.84. The second kappa shape index (κ2) is 11.1. The van der Waals surface area contributed by atoms with Crippen LogP contribution in [-0.2, 0) is 19.2 Å². The summed E-state index contributed by atoms with van der Waals surface area (Å²) in [5, 5.41) is 3.41. The predicted molar refractivity (Wildman–Crippen MR) is 167 cm³/mol. The molecule has 10 nitrogen and oxygen atoms in total. The van der Waals surface area contributed by atoms with Crippen LogP contribution in [0.3, 0.4) is 0 Å². The number of nitrogens with zero attached hydrogens (tertiary/aromatic N) is 4. The highest BCUT2D eigenvalue weighted by molar-refractivity contribution is 6.26. The van der Waals surface area contributed by atoms with E-state index in [1.165, 1.54) is 50.6 Å². The first kappa shape index (κ1) is 29.9. The van der Waals surface area contributed by atoms with Crippen molar-refractivity contribution in [3.8, 4) is 11.5 Å². The molecule has 0 aliphatic carbocycles. The standard InChI is InChI=1S/C36H28F2N4O6/c1-47-25-13-9-19(10-14-25)29-27-31(35(45)39(33(27)43)23-7-3-5-21(37)17-23)42-30(20-11-15-26(48-2)16-12-20)28-32(41(29)42)36(46)40(34(28)44)24-8-4-6-22(38)18-24/h3-18,27-32H,1-2H3/t27-,28-,29+,30+,31+,32+/m0/s1. The van der Waals surface area contributed by atoms with Crippen molar-refractivity contribution < 1.29 is 37.4 Å². The van der Waals surface area contributed by atoms with Crippen LogP contribution in [0.1, 0.15) is 23.2 Å². The number of ether oxygens (including phenoxy) is 2. The van der Waals surface area contributed by atoms with E-state index in [1.807, 2.05) is 0 Å². The van der Waals surface area contributed by atoms with E-state index in [4.69, 9.17) is 9.47 Å². The van der Waals surface area contributed by atoms with Gasteiger partial charge in [-0.3, -0.25) is 19.2 Å². The molecular weight excluding hydrogens is 622 g/mol. The second-order valence-electron chi connectivity index (χ2n) is 12.1. The normalized spacial score (nSPS) is 26.7. The maximum absolute atomic E-state index is 14.5. The van der Waals surface area contributed by atoms with Gasteiger partial charge in [-0.2, -0.15) is 0 Å². The van der Waals surface area contributed by atoms with Gasteiger partial charge in [0.15, 0.2) is 0 Å². The average Bonchev–Trinajstić information content (AvgIpc) is 3.76. The molecule has 48 heavy (non-hydrogen) atoms. The number of benzene rings is 4.